The van der Waals surface area contributed by atoms with E-state index in [1.54, 1.807) is 6.92 Å². The summed E-state index contributed by atoms with van der Waals surface area (Å²) in [5.74, 6) is 0.715. The number of likely N-dealkylation sites (tertiary alicyclic amines) is 1. The summed E-state index contributed by atoms with van der Waals surface area (Å²) in [7, 11) is 0. The second-order valence-corrected chi connectivity index (χ2v) is 6.11. The third-order valence-corrected chi connectivity index (χ3v) is 4.27. The summed E-state index contributed by atoms with van der Waals surface area (Å²) in [6.45, 7) is 3.75. The summed E-state index contributed by atoms with van der Waals surface area (Å²) >= 11 is 0. The number of halogens is 3. The summed E-state index contributed by atoms with van der Waals surface area (Å²) in [6, 6.07) is 4.85. The maximum Gasteiger partial charge on any atom is 0.416 e. The van der Waals surface area contributed by atoms with Gasteiger partial charge in [-0.05, 0) is 37.9 Å². The van der Waals surface area contributed by atoms with Crippen LogP contribution in [0.25, 0.3) is 11.4 Å². The minimum atomic E-state index is -4.41. The number of aliphatic hydroxyl groups is 1. The van der Waals surface area contributed by atoms with Gasteiger partial charge in [-0.25, -0.2) is 0 Å². The molecule has 1 N–H and O–H groups in total. The highest BCUT2D eigenvalue weighted by atomic mass is 19.4. The van der Waals surface area contributed by atoms with Crippen LogP contribution in [-0.4, -0.2) is 39.3 Å². The first-order valence-electron chi connectivity index (χ1n) is 7.73. The number of benzene rings is 1. The summed E-state index contributed by atoms with van der Waals surface area (Å²) in [6.07, 6.45) is -3.88. The van der Waals surface area contributed by atoms with Crippen molar-refractivity contribution in [2.75, 3.05) is 13.1 Å². The molecule has 2 aromatic rings. The van der Waals surface area contributed by atoms with Crippen molar-refractivity contribution in [1.82, 2.24) is 15.0 Å². The molecule has 1 aromatic carbocycles. The van der Waals surface area contributed by atoms with E-state index in [1.165, 1.54) is 12.1 Å². The van der Waals surface area contributed by atoms with E-state index in [4.69, 9.17) is 4.52 Å². The van der Waals surface area contributed by atoms with Gasteiger partial charge in [-0.1, -0.05) is 17.3 Å². The van der Waals surface area contributed by atoms with Gasteiger partial charge in [0.15, 0.2) is 0 Å². The molecule has 2 atom stereocenters. The molecule has 1 aliphatic heterocycles. The van der Waals surface area contributed by atoms with Gasteiger partial charge in [0.2, 0.25) is 11.7 Å². The number of aromatic nitrogens is 2. The fourth-order valence-corrected chi connectivity index (χ4v) is 2.86. The van der Waals surface area contributed by atoms with E-state index < -0.39 is 11.7 Å². The van der Waals surface area contributed by atoms with Crippen LogP contribution in [0.4, 0.5) is 13.2 Å². The van der Waals surface area contributed by atoms with Crippen molar-refractivity contribution in [2.45, 2.75) is 32.2 Å². The molecule has 0 saturated carbocycles. The molecule has 24 heavy (non-hydrogen) atoms. The van der Waals surface area contributed by atoms with E-state index in [0.29, 0.717) is 12.4 Å². The average molecular weight is 341 g/mol. The number of nitrogens with zero attached hydrogens (tertiary/aromatic N) is 3. The molecule has 1 aliphatic rings. The van der Waals surface area contributed by atoms with E-state index in [-0.39, 0.29) is 23.4 Å². The molecule has 8 heteroatoms. The van der Waals surface area contributed by atoms with Crippen molar-refractivity contribution in [3.8, 4) is 11.4 Å². The Morgan fingerprint density at radius 2 is 2.21 bits per heavy atom. The van der Waals surface area contributed by atoms with Gasteiger partial charge in [0.25, 0.3) is 0 Å². The topological polar surface area (TPSA) is 62.4 Å². The molecule has 5 nitrogen and oxygen atoms in total. The van der Waals surface area contributed by atoms with Gasteiger partial charge in [-0.15, -0.1) is 0 Å². The lowest BCUT2D eigenvalue weighted by molar-refractivity contribution is -0.137. The summed E-state index contributed by atoms with van der Waals surface area (Å²) < 4.78 is 43.5. The molecule has 0 amide bonds. The fourth-order valence-electron chi connectivity index (χ4n) is 2.86. The average Bonchev–Trinajstić information content (AvgIpc) is 3.16. The minimum absolute atomic E-state index is 0.141. The van der Waals surface area contributed by atoms with Crippen LogP contribution >= 0.6 is 0 Å². The standard InChI is InChI=1S/C16H18F3N3O2/c1-10(23)12-5-6-22(8-12)9-14-20-15(21-24-14)11-3-2-4-13(7-11)16(17,18)19/h2-4,7,10,12,23H,5-6,8-9H2,1H3. The Morgan fingerprint density at radius 3 is 2.88 bits per heavy atom. The smallest absolute Gasteiger partial charge is 0.393 e. The van der Waals surface area contributed by atoms with Crippen molar-refractivity contribution in [3.05, 3.63) is 35.7 Å². The van der Waals surface area contributed by atoms with Crippen LogP contribution in [0.1, 0.15) is 24.8 Å². The second kappa shape index (κ2) is 6.52. The molecular weight excluding hydrogens is 323 g/mol. The maximum absolute atomic E-state index is 12.8. The predicted octanol–water partition coefficient (Wildman–Crippen LogP) is 2.96. The zero-order chi connectivity index (χ0) is 17.3. The Morgan fingerprint density at radius 1 is 1.42 bits per heavy atom. The normalized spacial score (nSPS) is 20.5. The third-order valence-electron chi connectivity index (χ3n) is 4.27. The molecule has 1 fully saturated rings. The van der Waals surface area contributed by atoms with Crippen LogP contribution in [0.15, 0.2) is 28.8 Å². The SMILES string of the molecule is CC(O)C1CCN(Cc2nc(-c3cccc(C(F)(F)F)c3)no2)C1. The summed E-state index contributed by atoms with van der Waals surface area (Å²) in [5, 5.41) is 13.4. The molecule has 2 unspecified atom stereocenters. The lowest BCUT2D eigenvalue weighted by Crippen LogP contribution is -2.24. The van der Waals surface area contributed by atoms with E-state index in [2.05, 4.69) is 15.0 Å². The van der Waals surface area contributed by atoms with Crippen molar-refractivity contribution in [1.29, 1.82) is 0 Å². The van der Waals surface area contributed by atoms with Crippen LogP contribution in [0.2, 0.25) is 0 Å². The van der Waals surface area contributed by atoms with Crippen LogP contribution in [0.3, 0.4) is 0 Å². The molecule has 1 saturated heterocycles. The second-order valence-electron chi connectivity index (χ2n) is 6.11. The largest absolute Gasteiger partial charge is 0.416 e. The molecular formula is C16H18F3N3O2. The molecule has 2 heterocycles. The van der Waals surface area contributed by atoms with Gasteiger partial charge < -0.3 is 9.63 Å². The predicted molar refractivity (Wildman–Crippen MR) is 79.8 cm³/mol. The molecule has 130 valence electrons. The first kappa shape index (κ1) is 16.9. The minimum Gasteiger partial charge on any atom is -0.393 e. The van der Waals surface area contributed by atoms with E-state index in [9.17, 15) is 18.3 Å². The summed E-state index contributed by atoms with van der Waals surface area (Å²) in [5.41, 5.74) is -0.478. The first-order chi connectivity index (χ1) is 11.3. The monoisotopic (exact) mass is 341 g/mol. The molecule has 0 aliphatic carbocycles. The van der Waals surface area contributed by atoms with Crippen LogP contribution in [0, 0.1) is 5.92 Å². The Bertz CT molecular complexity index is 700. The van der Waals surface area contributed by atoms with Crippen LogP contribution < -0.4 is 0 Å². The van der Waals surface area contributed by atoms with Gasteiger partial charge in [0.05, 0.1) is 18.2 Å². The highest BCUT2D eigenvalue weighted by Crippen LogP contribution is 2.31. The lowest BCUT2D eigenvalue weighted by Gasteiger charge is -2.15. The number of rotatable bonds is 4. The Labute approximate surface area is 137 Å². The van der Waals surface area contributed by atoms with Crippen LogP contribution in [0.5, 0.6) is 0 Å². The quantitative estimate of drug-likeness (QED) is 0.926. The molecule has 0 radical (unpaired) electrons. The molecule has 0 bridgehead atoms. The molecule has 1 aromatic heterocycles. The summed E-state index contributed by atoms with van der Waals surface area (Å²) in [4.78, 5) is 6.27. The van der Waals surface area contributed by atoms with Gasteiger partial charge in [0.1, 0.15) is 0 Å². The Hall–Kier alpha value is -1.93. The maximum atomic E-state index is 12.8. The fraction of sp³-hybridized carbons (Fsp3) is 0.500. The number of hydrogen-bond acceptors (Lipinski definition) is 5. The molecule has 0 spiro atoms. The Balaban J connectivity index is 1.70. The number of hydrogen-bond donors (Lipinski definition) is 1. The lowest BCUT2D eigenvalue weighted by atomic mass is 10.0. The number of aliphatic hydroxyl groups excluding tert-OH is 1. The van der Waals surface area contributed by atoms with E-state index in [1.807, 2.05) is 0 Å². The van der Waals surface area contributed by atoms with Crippen molar-refractivity contribution < 1.29 is 22.8 Å². The van der Waals surface area contributed by atoms with E-state index in [0.717, 1.165) is 31.6 Å². The zero-order valence-electron chi connectivity index (χ0n) is 13.1. The van der Waals surface area contributed by atoms with Crippen LogP contribution in [-0.2, 0) is 12.7 Å². The highest BCUT2D eigenvalue weighted by Gasteiger charge is 2.31. The highest BCUT2D eigenvalue weighted by molar-refractivity contribution is 5.55. The van der Waals surface area contributed by atoms with Crippen molar-refractivity contribution >= 4 is 0 Å². The van der Waals surface area contributed by atoms with Gasteiger partial charge in [0, 0.05) is 12.1 Å². The number of alkyl halides is 3. The van der Waals surface area contributed by atoms with Crippen molar-refractivity contribution in [3.63, 3.8) is 0 Å². The molecule has 3 rings (SSSR count). The van der Waals surface area contributed by atoms with Gasteiger partial charge in [-0.3, -0.25) is 4.90 Å². The Kier molecular flexibility index (Phi) is 4.60. The van der Waals surface area contributed by atoms with Gasteiger partial charge >= 0.3 is 6.18 Å². The first-order valence-corrected chi connectivity index (χ1v) is 7.73. The van der Waals surface area contributed by atoms with Gasteiger partial charge in [-0.2, -0.15) is 18.2 Å². The van der Waals surface area contributed by atoms with Crippen molar-refractivity contribution in [2.24, 2.45) is 5.92 Å². The van der Waals surface area contributed by atoms with E-state index >= 15 is 0 Å². The third kappa shape index (κ3) is 3.76. The zero-order valence-corrected chi connectivity index (χ0v) is 13.1.